The number of nitrogens with zero attached hydrogens (tertiary/aromatic N) is 2. The van der Waals surface area contributed by atoms with Crippen molar-refractivity contribution in [2.24, 2.45) is 4.99 Å². The van der Waals surface area contributed by atoms with E-state index >= 15 is 0 Å². The number of aliphatic imine (C=N–C) groups is 1. The predicted octanol–water partition coefficient (Wildman–Crippen LogP) is 2.62. The molecule has 1 atom stereocenters. The molecule has 1 heterocycles. The lowest BCUT2D eigenvalue weighted by Gasteiger charge is -2.35. The second-order valence-corrected chi connectivity index (χ2v) is 7.64. The minimum Gasteiger partial charge on any atom is -0.383 e. The fourth-order valence-corrected chi connectivity index (χ4v) is 3.67. The summed E-state index contributed by atoms with van der Waals surface area (Å²) in [5.74, 6) is 0.507. The van der Waals surface area contributed by atoms with Crippen molar-refractivity contribution in [3.63, 3.8) is 0 Å². The predicted molar refractivity (Wildman–Crippen MR) is 127 cm³/mol. The molecule has 2 aromatic rings. The van der Waals surface area contributed by atoms with Crippen LogP contribution < -0.4 is 16.0 Å². The molecular weight excluding hydrogens is 409 g/mol. The number of nitrogens with one attached hydrogen (secondary N) is 3. The summed E-state index contributed by atoms with van der Waals surface area (Å²) in [7, 11) is 3.46. The van der Waals surface area contributed by atoms with Crippen molar-refractivity contribution >= 4 is 11.6 Å². The maximum Gasteiger partial charge on any atom is 0.191 e. The average Bonchev–Trinajstić information content (AvgIpc) is 2.84. The molecule has 0 amide bonds. The molecule has 1 unspecified atom stereocenters. The third-order valence-corrected chi connectivity index (χ3v) is 5.48. The first-order valence-corrected chi connectivity index (χ1v) is 11.0. The number of hydrogen-bond acceptors (Lipinski definition) is 5. The molecule has 0 spiro atoms. The molecule has 1 fully saturated rings. The highest BCUT2D eigenvalue weighted by molar-refractivity contribution is 5.79. The summed E-state index contributed by atoms with van der Waals surface area (Å²) >= 11 is 0. The first kappa shape index (κ1) is 24.0. The smallest absolute Gasteiger partial charge is 0.191 e. The molecule has 32 heavy (non-hydrogen) atoms. The van der Waals surface area contributed by atoms with Crippen LogP contribution in [0.3, 0.4) is 0 Å². The van der Waals surface area contributed by atoms with Crippen LogP contribution in [-0.2, 0) is 16.0 Å². The lowest BCUT2D eigenvalue weighted by molar-refractivity contribution is 0.0170. The Bertz CT molecular complexity index is 823. The van der Waals surface area contributed by atoms with Crippen LogP contribution in [0.25, 0.3) is 0 Å². The number of methoxy groups -OCH3 is 1. The third-order valence-electron chi connectivity index (χ3n) is 5.48. The number of rotatable bonds is 10. The summed E-state index contributed by atoms with van der Waals surface area (Å²) in [6, 6.07) is 15.2. The molecule has 0 saturated carbocycles. The van der Waals surface area contributed by atoms with Gasteiger partial charge >= 0.3 is 0 Å². The summed E-state index contributed by atoms with van der Waals surface area (Å²) < 4.78 is 24.0. The summed E-state index contributed by atoms with van der Waals surface area (Å²) in [6.45, 7) is 5.89. The maximum absolute atomic E-state index is 13.4. The largest absolute Gasteiger partial charge is 0.383 e. The van der Waals surface area contributed by atoms with Crippen molar-refractivity contribution in [3.05, 3.63) is 65.5 Å². The Balaban J connectivity index is 1.54. The number of anilines is 1. The van der Waals surface area contributed by atoms with Crippen LogP contribution in [0.15, 0.2) is 53.5 Å². The highest BCUT2D eigenvalue weighted by Crippen LogP contribution is 2.21. The fraction of sp³-hybridized carbons (Fsp3) is 0.458. The van der Waals surface area contributed by atoms with E-state index in [1.165, 1.54) is 12.1 Å². The van der Waals surface area contributed by atoms with Crippen LogP contribution in [0.5, 0.6) is 0 Å². The van der Waals surface area contributed by atoms with Gasteiger partial charge in [0, 0.05) is 52.6 Å². The molecule has 0 aromatic heterocycles. The molecule has 1 saturated heterocycles. The van der Waals surface area contributed by atoms with Gasteiger partial charge in [-0.3, -0.25) is 9.89 Å². The second kappa shape index (κ2) is 13.0. The van der Waals surface area contributed by atoms with E-state index < -0.39 is 0 Å². The quantitative estimate of drug-likeness (QED) is 0.298. The SMILES string of the molecule is CN=C(NCc1ccc(NCCOC)cc1)NCC(c1ccc(F)cc1)N1CCOCC1. The van der Waals surface area contributed by atoms with E-state index in [0.717, 1.165) is 42.4 Å². The highest BCUT2D eigenvalue weighted by Gasteiger charge is 2.23. The molecule has 8 heteroatoms. The van der Waals surface area contributed by atoms with E-state index in [4.69, 9.17) is 9.47 Å². The van der Waals surface area contributed by atoms with E-state index in [1.54, 1.807) is 14.2 Å². The fourth-order valence-electron chi connectivity index (χ4n) is 3.67. The van der Waals surface area contributed by atoms with E-state index in [2.05, 4.69) is 50.1 Å². The number of hydrogen-bond donors (Lipinski definition) is 3. The molecule has 1 aliphatic heterocycles. The maximum atomic E-state index is 13.4. The summed E-state index contributed by atoms with van der Waals surface area (Å²) in [5, 5.41) is 10.1. The summed E-state index contributed by atoms with van der Waals surface area (Å²) in [6.07, 6.45) is 0. The van der Waals surface area contributed by atoms with Gasteiger partial charge in [-0.1, -0.05) is 24.3 Å². The first-order valence-electron chi connectivity index (χ1n) is 11.0. The Morgan fingerprint density at radius 1 is 1.09 bits per heavy atom. The minimum atomic E-state index is -0.222. The second-order valence-electron chi connectivity index (χ2n) is 7.64. The number of morpholine rings is 1. The van der Waals surface area contributed by atoms with Gasteiger partial charge < -0.3 is 25.4 Å². The molecule has 3 N–H and O–H groups in total. The van der Waals surface area contributed by atoms with Gasteiger partial charge in [-0.15, -0.1) is 0 Å². The lowest BCUT2D eigenvalue weighted by Crippen LogP contribution is -2.46. The molecule has 0 aliphatic carbocycles. The monoisotopic (exact) mass is 443 g/mol. The van der Waals surface area contributed by atoms with Gasteiger partial charge in [-0.2, -0.15) is 0 Å². The van der Waals surface area contributed by atoms with Crippen molar-refractivity contribution in [3.8, 4) is 0 Å². The standard InChI is InChI=1S/C24H34FN5O2/c1-26-24(28-17-19-3-9-22(10-4-19)27-11-14-31-2)29-18-23(30-12-15-32-16-13-30)20-5-7-21(25)8-6-20/h3-10,23,27H,11-18H2,1-2H3,(H2,26,28,29). The summed E-state index contributed by atoms with van der Waals surface area (Å²) in [4.78, 5) is 6.73. The average molecular weight is 444 g/mol. The van der Waals surface area contributed by atoms with Gasteiger partial charge in [0.1, 0.15) is 5.82 Å². The Hall–Kier alpha value is -2.68. The molecule has 0 radical (unpaired) electrons. The van der Waals surface area contributed by atoms with Crippen molar-refractivity contribution < 1.29 is 13.9 Å². The Kier molecular flexibility index (Phi) is 9.74. The van der Waals surface area contributed by atoms with Crippen LogP contribution in [0.1, 0.15) is 17.2 Å². The van der Waals surface area contributed by atoms with E-state index in [1.807, 2.05) is 12.1 Å². The van der Waals surface area contributed by atoms with Gasteiger partial charge in [0.2, 0.25) is 0 Å². The van der Waals surface area contributed by atoms with Gasteiger partial charge in [-0.05, 0) is 35.4 Å². The van der Waals surface area contributed by atoms with Crippen LogP contribution >= 0.6 is 0 Å². The van der Waals surface area contributed by atoms with E-state index in [-0.39, 0.29) is 11.9 Å². The number of halogens is 1. The molecule has 1 aliphatic rings. The molecule has 0 bridgehead atoms. The molecule has 3 rings (SSSR count). The van der Waals surface area contributed by atoms with Gasteiger partial charge in [0.15, 0.2) is 5.96 Å². The van der Waals surface area contributed by atoms with Crippen molar-refractivity contribution in [1.82, 2.24) is 15.5 Å². The van der Waals surface area contributed by atoms with Crippen LogP contribution in [0.2, 0.25) is 0 Å². The van der Waals surface area contributed by atoms with Gasteiger partial charge in [0.05, 0.1) is 25.9 Å². The highest BCUT2D eigenvalue weighted by atomic mass is 19.1. The minimum absolute atomic E-state index is 0.107. The van der Waals surface area contributed by atoms with E-state index in [9.17, 15) is 4.39 Å². The Morgan fingerprint density at radius 3 is 2.47 bits per heavy atom. The zero-order valence-electron chi connectivity index (χ0n) is 18.9. The zero-order valence-corrected chi connectivity index (χ0v) is 18.9. The van der Waals surface area contributed by atoms with Gasteiger partial charge in [-0.25, -0.2) is 4.39 Å². The number of guanidine groups is 1. The lowest BCUT2D eigenvalue weighted by atomic mass is 10.0. The molecule has 7 nitrogen and oxygen atoms in total. The first-order chi connectivity index (χ1) is 15.7. The van der Waals surface area contributed by atoms with E-state index in [0.29, 0.717) is 32.9 Å². The zero-order chi connectivity index (χ0) is 22.6. The third kappa shape index (κ3) is 7.47. The molecule has 174 valence electrons. The molecule has 2 aromatic carbocycles. The van der Waals surface area contributed by atoms with Crippen LogP contribution in [-0.4, -0.2) is 71.0 Å². The normalized spacial score (nSPS) is 15.9. The van der Waals surface area contributed by atoms with Crippen LogP contribution in [0.4, 0.5) is 10.1 Å². The Labute approximate surface area is 190 Å². The van der Waals surface area contributed by atoms with Crippen molar-refractivity contribution in [1.29, 1.82) is 0 Å². The van der Waals surface area contributed by atoms with Crippen LogP contribution in [0, 0.1) is 5.82 Å². The van der Waals surface area contributed by atoms with Crippen molar-refractivity contribution in [2.75, 3.05) is 65.5 Å². The summed E-state index contributed by atoms with van der Waals surface area (Å²) in [5.41, 5.74) is 3.31. The number of benzene rings is 2. The topological polar surface area (TPSA) is 70.2 Å². The Morgan fingerprint density at radius 2 is 1.81 bits per heavy atom. The van der Waals surface area contributed by atoms with Crippen molar-refractivity contribution in [2.45, 2.75) is 12.6 Å². The van der Waals surface area contributed by atoms with Gasteiger partial charge in [0.25, 0.3) is 0 Å². The number of ether oxygens (including phenoxy) is 2. The molecular formula is C24H34FN5O2.